The Morgan fingerprint density at radius 3 is 1.75 bits per heavy atom. The van der Waals surface area contributed by atoms with Crippen LogP contribution in [-0.2, 0) is 5.41 Å². The molecule has 292 valence electrons. The zero-order chi connectivity index (χ0) is 41.2. The van der Waals surface area contributed by atoms with Gasteiger partial charge < -0.3 is 4.57 Å². The lowest BCUT2D eigenvalue weighted by Gasteiger charge is -2.30. The average molecular weight is 819 g/mol. The third-order valence-electron chi connectivity index (χ3n) is 13.5. The Bertz CT molecular complexity index is 3830. The highest BCUT2D eigenvalue weighted by Gasteiger charge is 2.52. The van der Waals surface area contributed by atoms with Gasteiger partial charge in [-0.3, -0.25) is 0 Å². The molecule has 3 aromatic heterocycles. The Morgan fingerprint density at radius 1 is 0.381 bits per heavy atom. The lowest BCUT2D eigenvalue weighted by Crippen LogP contribution is -2.25. The Labute approximate surface area is 367 Å². The fraction of sp³-hybridized carbons (Fsp3) is 0.0172. The highest BCUT2D eigenvalue weighted by Crippen LogP contribution is 2.64. The summed E-state index contributed by atoms with van der Waals surface area (Å²) in [4.78, 5) is 15.7. The van der Waals surface area contributed by atoms with Gasteiger partial charge >= 0.3 is 0 Å². The summed E-state index contributed by atoms with van der Waals surface area (Å²) in [6.45, 7) is 0. The number of para-hydroxylation sites is 1. The molecule has 0 radical (unpaired) electrons. The van der Waals surface area contributed by atoms with E-state index in [1.807, 2.05) is 18.2 Å². The molecule has 12 aromatic rings. The number of thiophene rings is 1. The molecule has 0 amide bonds. The summed E-state index contributed by atoms with van der Waals surface area (Å²) in [5.74, 6) is 1.94. The molecule has 0 saturated heterocycles. The van der Waals surface area contributed by atoms with Crippen molar-refractivity contribution in [3.8, 4) is 62.1 Å². The van der Waals surface area contributed by atoms with E-state index in [1.165, 1.54) is 81.0 Å². The number of nitrogens with zero attached hydrogens (tertiary/aromatic N) is 4. The second-order valence-corrected chi connectivity index (χ2v) is 17.7. The van der Waals surface area contributed by atoms with Crippen LogP contribution in [0.1, 0.15) is 22.3 Å². The zero-order valence-corrected chi connectivity index (χ0v) is 34.6. The van der Waals surface area contributed by atoms with Gasteiger partial charge in [-0.2, -0.15) is 0 Å². The van der Waals surface area contributed by atoms with E-state index in [1.54, 1.807) is 11.3 Å². The van der Waals surface area contributed by atoms with E-state index < -0.39 is 5.41 Å². The Balaban J connectivity index is 1.03. The Kier molecular flexibility index (Phi) is 7.16. The van der Waals surface area contributed by atoms with Crippen LogP contribution < -0.4 is 0 Å². The fourth-order valence-electron chi connectivity index (χ4n) is 10.9. The molecule has 0 fully saturated rings. The molecule has 3 heterocycles. The maximum absolute atomic E-state index is 5.32. The van der Waals surface area contributed by atoms with Crippen LogP contribution in [0.2, 0.25) is 0 Å². The maximum atomic E-state index is 5.32. The molecule has 0 bridgehead atoms. The molecule has 4 nitrogen and oxygen atoms in total. The van der Waals surface area contributed by atoms with Gasteiger partial charge in [0, 0.05) is 58.9 Å². The third kappa shape index (κ3) is 4.72. The first-order valence-corrected chi connectivity index (χ1v) is 22.3. The van der Waals surface area contributed by atoms with E-state index in [0.29, 0.717) is 17.5 Å². The van der Waals surface area contributed by atoms with Crippen LogP contribution >= 0.6 is 11.3 Å². The molecule has 0 N–H and O–H groups in total. The molecule has 0 aliphatic heterocycles. The van der Waals surface area contributed by atoms with E-state index in [0.717, 1.165) is 27.9 Å². The van der Waals surface area contributed by atoms with Gasteiger partial charge in [0.05, 0.1) is 16.4 Å². The van der Waals surface area contributed by atoms with Gasteiger partial charge in [-0.25, -0.2) is 15.0 Å². The van der Waals surface area contributed by atoms with Crippen molar-refractivity contribution in [2.45, 2.75) is 5.41 Å². The molecule has 5 heteroatoms. The summed E-state index contributed by atoms with van der Waals surface area (Å²) in [7, 11) is 0. The Morgan fingerprint density at radius 2 is 0.952 bits per heavy atom. The number of hydrogen-bond donors (Lipinski definition) is 0. The van der Waals surface area contributed by atoms with Crippen molar-refractivity contribution < 1.29 is 0 Å². The average Bonchev–Trinajstić information content (AvgIpc) is 4.08. The van der Waals surface area contributed by atoms with Crippen molar-refractivity contribution in [2.75, 3.05) is 0 Å². The lowest BCUT2D eigenvalue weighted by molar-refractivity contribution is 0.794. The predicted molar refractivity (Wildman–Crippen MR) is 260 cm³/mol. The molecule has 9 aromatic carbocycles. The first-order chi connectivity index (χ1) is 31.3. The van der Waals surface area contributed by atoms with Crippen LogP contribution in [0, 0.1) is 0 Å². The molecule has 14 rings (SSSR count). The highest BCUT2D eigenvalue weighted by molar-refractivity contribution is 7.26. The number of aromatic nitrogens is 4. The normalized spacial score (nSPS) is 13.2. The largest absolute Gasteiger partial charge is 0.309 e. The zero-order valence-electron chi connectivity index (χ0n) is 33.8. The SMILES string of the molecule is c1ccc(-c2nc(-c3cccc(-n4c5ccccc5c5ccc6c(c54)-c4ccccc4C64c5ccccc5-c5ccccc54)c3)nc(-c3cccc4c3sc3ccccc34)n2)cc1. The summed E-state index contributed by atoms with van der Waals surface area (Å²) >= 11 is 1.79. The lowest BCUT2D eigenvalue weighted by atomic mass is 9.70. The molecular formula is C58H34N4S. The number of fused-ring (bicyclic) bond motifs is 17. The van der Waals surface area contributed by atoms with Crippen molar-refractivity contribution in [3.63, 3.8) is 0 Å². The first-order valence-electron chi connectivity index (χ1n) is 21.4. The van der Waals surface area contributed by atoms with Gasteiger partial charge in [0.15, 0.2) is 17.5 Å². The van der Waals surface area contributed by atoms with Crippen LogP contribution in [0.3, 0.4) is 0 Å². The topological polar surface area (TPSA) is 43.6 Å². The van der Waals surface area contributed by atoms with Crippen molar-refractivity contribution in [2.24, 2.45) is 0 Å². The van der Waals surface area contributed by atoms with E-state index >= 15 is 0 Å². The molecular weight excluding hydrogens is 785 g/mol. The summed E-state index contributed by atoms with van der Waals surface area (Å²) in [5.41, 5.74) is 16.3. The molecule has 2 aliphatic rings. The fourth-order valence-corrected chi connectivity index (χ4v) is 12.2. The minimum absolute atomic E-state index is 0.442. The summed E-state index contributed by atoms with van der Waals surface area (Å²) in [6.07, 6.45) is 0. The van der Waals surface area contributed by atoms with Gasteiger partial charge in [0.1, 0.15) is 0 Å². The summed E-state index contributed by atoms with van der Waals surface area (Å²) < 4.78 is 4.90. The third-order valence-corrected chi connectivity index (χ3v) is 14.7. The molecule has 1 spiro atoms. The van der Waals surface area contributed by atoms with Crippen LogP contribution in [0.4, 0.5) is 0 Å². The van der Waals surface area contributed by atoms with Crippen molar-refractivity contribution in [1.29, 1.82) is 0 Å². The minimum Gasteiger partial charge on any atom is -0.309 e. The maximum Gasteiger partial charge on any atom is 0.165 e. The van der Waals surface area contributed by atoms with Gasteiger partial charge in [-0.05, 0) is 69.3 Å². The summed E-state index contributed by atoms with van der Waals surface area (Å²) in [6, 6.07) is 74.8. The van der Waals surface area contributed by atoms with Crippen LogP contribution in [0.15, 0.2) is 206 Å². The monoisotopic (exact) mass is 818 g/mol. The van der Waals surface area contributed by atoms with Gasteiger partial charge in [0.2, 0.25) is 0 Å². The van der Waals surface area contributed by atoms with Crippen LogP contribution in [0.5, 0.6) is 0 Å². The first kappa shape index (κ1) is 34.7. The number of benzene rings is 9. The van der Waals surface area contributed by atoms with E-state index in [9.17, 15) is 0 Å². The van der Waals surface area contributed by atoms with Crippen molar-refractivity contribution in [1.82, 2.24) is 19.5 Å². The van der Waals surface area contributed by atoms with Crippen molar-refractivity contribution in [3.05, 3.63) is 229 Å². The van der Waals surface area contributed by atoms with Gasteiger partial charge in [-0.1, -0.05) is 176 Å². The summed E-state index contributed by atoms with van der Waals surface area (Å²) in [5, 5.41) is 4.91. The molecule has 0 atom stereocenters. The molecule has 2 aliphatic carbocycles. The van der Waals surface area contributed by atoms with Gasteiger partial charge in [-0.15, -0.1) is 11.3 Å². The Hall–Kier alpha value is -7.99. The predicted octanol–water partition coefficient (Wildman–Crippen LogP) is 14.7. The van der Waals surface area contributed by atoms with Gasteiger partial charge in [0.25, 0.3) is 0 Å². The number of rotatable bonds is 4. The van der Waals surface area contributed by atoms with E-state index in [4.69, 9.17) is 15.0 Å². The highest BCUT2D eigenvalue weighted by atomic mass is 32.1. The van der Waals surface area contributed by atoms with E-state index in [-0.39, 0.29) is 0 Å². The number of hydrogen-bond acceptors (Lipinski definition) is 4. The van der Waals surface area contributed by atoms with Crippen molar-refractivity contribution >= 4 is 53.3 Å². The molecule has 0 unspecified atom stereocenters. The second-order valence-electron chi connectivity index (χ2n) is 16.6. The van der Waals surface area contributed by atoms with Crippen LogP contribution in [0.25, 0.3) is 104 Å². The molecule has 0 saturated carbocycles. The molecule has 63 heavy (non-hydrogen) atoms. The van der Waals surface area contributed by atoms with Crippen LogP contribution in [-0.4, -0.2) is 19.5 Å². The standard InChI is InChI=1S/C58H34N4S/c1-2-16-35(17-3-1)55-59-56(61-57(60-55)45-26-15-25-43-41-23-8-13-31-51(41)63-54(43)45)36-18-14-19-37(34-36)62-50-30-12-7-22-40(50)42-32-33-49-52(53(42)62)44-24-6-11-29-48(44)58(49)46-27-9-4-20-38(46)39-21-5-10-28-47(39)58/h1-34H. The van der Waals surface area contributed by atoms with E-state index in [2.05, 4.69) is 193 Å². The second kappa shape index (κ2) is 13.0. The quantitative estimate of drug-likeness (QED) is 0.178. The smallest absolute Gasteiger partial charge is 0.165 e. The minimum atomic E-state index is -0.442.